The van der Waals surface area contributed by atoms with Gasteiger partial charge in [-0.15, -0.1) is 0 Å². The molecule has 172 valence electrons. The number of esters is 1. The van der Waals surface area contributed by atoms with Crippen LogP contribution in [-0.2, 0) is 11.2 Å². The molecule has 0 saturated heterocycles. The normalized spacial score (nSPS) is 11.2. The van der Waals surface area contributed by atoms with E-state index >= 15 is 0 Å². The third kappa shape index (κ3) is 6.72. The van der Waals surface area contributed by atoms with Gasteiger partial charge < -0.3 is 14.2 Å². The molecule has 3 aromatic rings. The second kappa shape index (κ2) is 12.5. The molecule has 0 saturated carbocycles. The SMILES string of the molecule is CCOc1ccc(OCCC/C(=C/c2ccccc2)c2c(CC)cccc2C(=O)OC)cc1. The Morgan fingerprint density at radius 3 is 2.18 bits per heavy atom. The molecule has 0 bridgehead atoms. The van der Waals surface area contributed by atoms with Crippen molar-refractivity contribution in [3.05, 3.63) is 95.1 Å². The van der Waals surface area contributed by atoms with E-state index in [4.69, 9.17) is 14.2 Å². The molecule has 0 aromatic heterocycles. The minimum Gasteiger partial charge on any atom is -0.494 e. The number of benzene rings is 3. The largest absolute Gasteiger partial charge is 0.494 e. The summed E-state index contributed by atoms with van der Waals surface area (Å²) in [6, 6.07) is 23.7. The Kier molecular flexibility index (Phi) is 9.13. The highest BCUT2D eigenvalue weighted by Crippen LogP contribution is 2.31. The molecule has 0 aliphatic heterocycles. The van der Waals surface area contributed by atoms with E-state index in [0.717, 1.165) is 53.0 Å². The lowest BCUT2D eigenvalue weighted by Crippen LogP contribution is -2.09. The molecule has 0 atom stereocenters. The van der Waals surface area contributed by atoms with Gasteiger partial charge in [-0.05, 0) is 78.8 Å². The summed E-state index contributed by atoms with van der Waals surface area (Å²) in [5.74, 6) is 1.34. The summed E-state index contributed by atoms with van der Waals surface area (Å²) in [4.78, 5) is 12.6. The van der Waals surface area contributed by atoms with Crippen LogP contribution in [0.3, 0.4) is 0 Å². The van der Waals surface area contributed by atoms with E-state index in [-0.39, 0.29) is 5.97 Å². The summed E-state index contributed by atoms with van der Waals surface area (Å²) in [6.07, 6.45) is 4.57. The van der Waals surface area contributed by atoms with Gasteiger partial charge in [-0.25, -0.2) is 4.79 Å². The molecule has 0 aliphatic carbocycles. The van der Waals surface area contributed by atoms with Crippen molar-refractivity contribution in [1.82, 2.24) is 0 Å². The van der Waals surface area contributed by atoms with E-state index < -0.39 is 0 Å². The molecular weight excluding hydrogens is 412 g/mol. The van der Waals surface area contributed by atoms with Gasteiger partial charge in [-0.3, -0.25) is 0 Å². The third-order valence-corrected chi connectivity index (χ3v) is 5.39. The first-order valence-electron chi connectivity index (χ1n) is 11.5. The minimum atomic E-state index is -0.315. The molecule has 4 nitrogen and oxygen atoms in total. The van der Waals surface area contributed by atoms with Crippen LogP contribution in [-0.4, -0.2) is 26.3 Å². The van der Waals surface area contributed by atoms with Crippen molar-refractivity contribution in [3.63, 3.8) is 0 Å². The number of carbonyl (C=O) groups is 1. The van der Waals surface area contributed by atoms with E-state index in [0.29, 0.717) is 18.8 Å². The standard InChI is InChI=1S/C29H32O4/c1-4-23-13-9-15-27(29(30)31-3)28(23)24(21-22-11-7-6-8-12-22)14-10-20-33-26-18-16-25(17-19-26)32-5-2/h6-9,11-13,15-19,21H,4-5,10,14,20H2,1-3H3/b24-21-. The van der Waals surface area contributed by atoms with Crippen molar-refractivity contribution < 1.29 is 19.0 Å². The van der Waals surface area contributed by atoms with Gasteiger partial charge in [0.1, 0.15) is 11.5 Å². The summed E-state index contributed by atoms with van der Waals surface area (Å²) in [5.41, 5.74) is 4.91. The minimum absolute atomic E-state index is 0.315. The smallest absolute Gasteiger partial charge is 0.338 e. The number of hydrogen-bond acceptors (Lipinski definition) is 4. The maximum Gasteiger partial charge on any atom is 0.338 e. The van der Waals surface area contributed by atoms with Crippen LogP contribution in [0.15, 0.2) is 72.8 Å². The number of hydrogen-bond donors (Lipinski definition) is 0. The number of methoxy groups -OCH3 is 1. The van der Waals surface area contributed by atoms with Gasteiger partial charge in [0, 0.05) is 0 Å². The van der Waals surface area contributed by atoms with E-state index in [1.807, 2.05) is 61.5 Å². The second-order valence-corrected chi connectivity index (χ2v) is 7.62. The maximum atomic E-state index is 12.6. The molecular formula is C29H32O4. The number of ether oxygens (including phenoxy) is 3. The van der Waals surface area contributed by atoms with Crippen molar-refractivity contribution in [2.24, 2.45) is 0 Å². The Bertz CT molecular complexity index is 1050. The van der Waals surface area contributed by atoms with Crippen LogP contribution in [0.4, 0.5) is 0 Å². The fourth-order valence-electron chi connectivity index (χ4n) is 3.83. The zero-order valence-corrected chi connectivity index (χ0v) is 19.7. The summed E-state index contributed by atoms with van der Waals surface area (Å²) >= 11 is 0. The van der Waals surface area contributed by atoms with Crippen molar-refractivity contribution in [2.45, 2.75) is 33.1 Å². The quantitative estimate of drug-likeness (QED) is 0.185. The number of aryl methyl sites for hydroxylation is 1. The Balaban J connectivity index is 1.82. The van der Waals surface area contributed by atoms with E-state index in [9.17, 15) is 4.79 Å². The summed E-state index contributed by atoms with van der Waals surface area (Å²) in [7, 11) is 1.43. The van der Waals surface area contributed by atoms with Crippen molar-refractivity contribution in [1.29, 1.82) is 0 Å². The molecule has 0 amide bonds. The average molecular weight is 445 g/mol. The first kappa shape index (κ1) is 24.1. The molecule has 0 spiro atoms. The highest BCUT2D eigenvalue weighted by Gasteiger charge is 2.18. The van der Waals surface area contributed by atoms with Gasteiger partial charge >= 0.3 is 5.97 Å². The fraction of sp³-hybridized carbons (Fsp3) is 0.276. The Hall–Kier alpha value is -3.53. The zero-order valence-electron chi connectivity index (χ0n) is 19.7. The number of carbonyl (C=O) groups excluding carboxylic acids is 1. The first-order chi connectivity index (χ1) is 16.2. The highest BCUT2D eigenvalue weighted by molar-refractivity contribution is 5.98. The maximum absolute atomic E-state index is 12.6. The van der Waals surface area contributed by atoms with Gasteiger partial charge in [0.05, 0.1) is 25.9 Å². The molecule has 0 unspecified atom stereocenters. The van der Waals surface area contributed by atoms with Crippen LogP contribution < -0.4 is 9.47 Å². The molecule has 3 rings (SSSR count). The van der Waals surface area contributed by atoms with Gasteiger partial charge in [-0.2, -0.15) is 0 Å². The van der Waals surface area contributed by atoms with Crippen LogP contribution in [0.2, 0.25) is 0 Å². The van der Waals surface area contributed by atoms with Gasteiger partial charge in [0.25, 0.3) is 0 Å². The van der Waals surface area contributed by atoms with Crippen LogP contribution >= 0.6 is 0 Å². The zero-order chi connectivity index (χ0) is 23.5. The molecule has 3 aromatic carbocycles. The number of rotatable bonds is 11. The highest BCUT2D eigenvalue weighted by atomic mass is 16.5. The molecule has 4 heteroatoms. The van der Waals surface area contributed by atoms with E-state index in [1.54, 1.807) is 0 Å². The Morgan fingerprint density at radius 2 is 1.55 bits per heavy atom. The lowest BCUT2D eigenvalue weighted by Gasteiger charge is -2.17. The molecule has 0 fully saturated rings. The molecule has 0 aliphatic rings. The van der Waals surface area contributed by atoms with Crippen molar-refractivity contribution in [2.75, 3.05) is 20.3 Å². The summed E-state index contributed by atoms with van der Waals surface area (Å²) in [6.45, 7) is 5.29. The topological polar surface area (TPSA) is 44.8 Å². The third-order valence-electron chi connectivity index (χ3n) is 5.39. The molecule has 0 N–H and O–H groups in total. The van der Waals surface area contributed by atoms with Crippen molar-refractivity contribution in [3.8, 4) is 11.5 Å². The molecule has 33 heavy (non-hydrogen) atoms. The Labute approximate surface area is 196 Å². The van der Waals surface area contributed by atoms with Gasteiger partial charge in [0.2, 0.25) is 0 Å². The fourth-order valence-corrected chi connectivity index (χ4v) is 3.83. The van der Waals surface area contributed by atoms with Crippen LogP contribution in [0.1, 0.15) is 53.7 Å². The summed E-state index contributed by atoms with van der Waals surface area (Å²) < 4.78 is 16.5. The van der Waals surface area contributed by atoms with E-state index in [2.05, 4.69) is 31.2 Å². The predicted octanol–water partition coefficient (Wildman–Crippen LogP) is 6.83. The van der Waals surface area contributed by atoms with E-state index in [1.165, 1.54) is 7.11 Å². The molecule has 0 heterocycles. The Morgan fingerprint density at radius 1 is 0.848 bits per heavy atom. The van der Waals surface area contributed by atoms with Gasteiger partial charge in [0.15, 0.2) is 0 Å². The van der Waals surface area contributed by atoms with Gasteiger partial charge in [-0.1, -0.05) is 55.5 Å². The monoisotopic (exact) mass is 444 g/mol. The second-order valence-electron chi connectivity index (χ2n) is 7.62. The van der Waals surface area contributed by atoms with Crippen LogP contribution in [0, 0.1) is 0 Å². The predicted molar refractivity (Wildman–Crippen MR) is 134 cm³/mol. The van der Waals surface area contributed by atoms with Crippen LogP contribution in [0.25, 0.3) is 11.6 Å². The lowest BCUT2D eigenvalue weighted by atomic mass is 9.89. The lowest BCUT2D eigenvalue weighted by molar-refractivity contribution is 0.0600. The van der Waals surface area contributed by atoms with Crippen molar-refractivity contribution >= 4 is 17.6 Å². The average Bonchev–Trinajstić information content (AvgIpc) is 2.86. The summed E-state index contributed by atoms with van der Waals surface area (Å²) in [5, 5.41) is 0. The first-order valence-corrected chi connectivity index (χ1v) is 11.5. The number of allylic oxidation sites excluding steroid dienone is 1. The van der Waals surface area contributed by atoms with Crippen LogP contribution in [0.5, 0.6) is 11.5 Å². The molecule has 0 radical (unpaired) electrons.